The van der Waals surface area contributed by atoms with Crippen molar-refractivity contribution in [2.24, 2.45) is 5.73 Å². The molecule has 2 amide bonds. The third-order valence-electron chi connectivity index (χ3n) is 4.07. The Morgan fingerprint density at radius 1 is 1.16 bits per heavy atom. The van der Waals surface area contributed by atoms with Gasteiger partial charge in [-0.25, -0.2) is 0 Å². The van der Waals surface area contributed by atoms with Crippen LogP contribution in [0.5, 0.6) is 0 Å². The Labute approximate surface area is 148 Å². The molecule has 4 N–H and O–H groups in total. The third kappa shape index (κ3) is 7.64. The molecule has 25 heavy (non-hydrogen) atoms. The fourth-order valence-corrected chi connectivity index (χ4v) is 2.62. The molecular formula is C18H28N4O3. The first-order chi connectivity index (χ1) is 12.2. The van der Waals surface area contributed by atoms with Crippen LogP contribution in [0.25, 0.3) is 0 Å². The van der Waals surface area contributed by atoms with Crippen molar-refractivity contribution in [1.29, 1.82) is 0 Å². The summed E-state index contributed by atoms with van der Waals surface area (Å²) in [5.41, 5.74) is 7.09. The normalized spacial score (nSPS) is 14.9. The van der Waals surface area contributed by atoms with Gasteiger partial charge in [-0.15, -0.1) is 0 Å². The average Bonchev–Trinajstić information content (AvgIpc) is 2.64. The van der Waals surface area contributed by atoms with E-state index in [9.17, 15) is 9.59 Å². The smallest absolute Gasteiger partial charge is 0.225 e. The molecular weight excluding hydrogens is 320 g/mol. The van der Waals surface area contributed by atoms with Crippen molar-refractivity contribution in [1.82, 2.24) is 10.2 Å². The maximum atomic E-state index is 12.1. The molecule has 1 aromatic rings. The predicted molar refractivity (Wildman–Crippen MR) is 97.1 cm³/mol. The van der Waals surface area contributed by atoms with Gasteiger partial charge in [-0.05, 0) is 30.7 Å². The van der Waals surface area contributed by atoms with Crippen LogP contribution in [-0.4, -0.2) is 56.1 Å². The van der Waals surface area contributed by atoms with E-state index in [-0.39, 0.29) is 11.8 Å². The highest BCUT2D eigenvalue weighted by atomic mass is 16.5. The van der Waals surface area contributed by atoms with Gasteiger partial charge in [-0.1, -0.05) is 12.1 Å². The Morgan fingerprint density at radius 3 is 2.72 bits per heavy atom. The van der Waals surface area contributed by atoms with E-state index >= 15 is 0 Å². The Bertz CT molecular complexity index is 559. The second-order valence-electron chi connectivity index (χ2n) is 6.12. The fourth-order valence-electron chi connectivity index (χ4n) is 2.62. The number of hydrogen-bond donors (Lipinski definition) is 3. The van der Waals surface area contributed by atoms with Gasteiger partial charge in [-0.3, -0.25) is 14.5 Å². The molecule has 0 spiro atoms. The molecule has 1 aromatic carbocycles. The van der Waals surface area contributed by atoms with Crippen molar-refractivity contribution in [2.75, 3.05) is 44.7 Å². The number of hydrogen-bond acceptors (Lipinski definition) is 5. The van der Waals surface area contributed by atoms with E-state index in [1.165, 1.54) is 0 Å². The number of nitrogens with zero attached hydrogens (tertiary/aromatic N) is 1. The molecule has 0 aromatic heterocycles. The van der Waals surface area contributed by atoms with Gasteiger partial charge in [0.15, 0.2) is 0 Å². The topological polar surface area (TPSA) is 96.7 Å². The second kappa shape index (κ2) is 10.8. The van der Waals surface area contributed by atoms with Gasteiger partial charge in [0.05, 0.1) is 13.2 Å². The standard InChI is InChI=1S/C18H28N4O3/c19-7-2-5-17(23)20-14-15-3-1-4-16(13-15)21-18(24)6-8-22-9-11-25-12-10-22/h1,3-4,13H,2,5-12,14,19H2,(H,20,23)(H,21,24). The van der Waals surface area contributed by atoms with Gasteiger partial charge in [0.25, 0.3) is 0 Å². The van der Waals surface area contributed by atoms with E-state index in [1.54, 1.807) is 0 Å². The number of morpholine rings is 1. The van der Waals surface area contributed by atoms with Crippen molar-refractivity contribution >= 4 is 17.5 Å². The maximum absolute atomic E-state index is 12.1. The third-order valence-corrected chi connectivity index (χ3v) is 4.07. The quantitative estimate of drug-likeness (QED) is 0.610. The Hall–Kier alpha value is -1.96. The first-order valence-electron chi connectivity index (χ1n) is 8.83. The SMILES string of the molecule is NCCCC(=O)NCc1cccc(NC(=O)CCN2CCOCC2)c1. The lowest BCUT2D eigenvalue weighted by molar-refractivity contribution is -0.121. The van der Waals surface area contributed by atoms with Gasteiger partial charge in [0.1, 0.15) is 0 Å². The minimum Gasteiger partial charge on any atom is -0.379 e. The zero-order valence-electron chi connectivity index (χ0n) is 14.6. The summed E-state index contributed by atoms with van der Waals surface area (Å²) in [6.07, 6.45) is 1.58. The number of ether oxygens (including phenoxy) is 1. The molecule has 0 unspecified atom stereocenters. The van der Waals surface area contributed by atoms with Crippen LogP contribution in [-0.2, 0) is 20.9 Å². The summed E-state index contributed by atoms with van der Waals surface area (Å²) < 4.78 is 5.30. The van der Waals surface area contributed by atoms with Crippen LogP contribution >= 0.6 is 0 Å². The lowest BCUT2D eigenvalue weighted by Gasteiger charge is -2.26. The number of benzene rings is 1. The maximum Gasteiger partial charge on any atom is 0.225 e. The van der Waals surface area contributed by atoms with Crippen molar-refractivity contribution < 1.29 is 14.3 Å². The van der Waals surface area contributed by atoms with Gasteiger partial charge >= 0.3 is 0 Å². The van der Waals surface area contributed by atoms with E-state index in [0.717, 1.165) is 44.1 Å². The summed E-state index contributed by atoms with van der Waals surface area (Å²) in [7, 11) is 0. The predicted octanol–water partition coefficient (Wildman–Crippen LogP) is 0.703. The summed E-state index contributed by atoms with van der Waals surface area (Å²) in [6, 6.07) is 7.54. The van der Waals surface area contributed by atoms with Crippen LogP contribution in [0.1, 0.15) is 24.8 Å². The summed E-state index contributed by atoms with van der Waals surface area (Å²) >= 11 is 0. The largest absolute Gasteiger partial charge is 0.379 e. The Kier molecular flexibility index (Phi) is 8.38. The summed E-state index contributed by atoms with van der Waals surface area (Å²) in [6.45, 7) is 4.94. The zero-order valence-corrected chi connectivity index (χ0v) is 14.6. The van der Waals surface area contributed by atoms with Crippen LogP contribution in [0.3, 0.4) is 0 Å². The highest BCUT2D eigenvalue weighted by Crippen LogP contribution is 2.11. The zero-order chi connectivity index (χ0) is 17.9. The van der Waals surface area contributed by atoms with Crippen molar-refractivity contribution in [3.05, 3.63) is 29.8 Å². The summed E-state index contributed by atoms with van der Waals surface area (Å²) in [5.74, 6) is -0.0129. The highest BCUT2D eigenvalue weighted by Gasteiger charge is 2.12. The molecule has 138 valence electrons. The van der Waals surface area contributed by atoms with E-state index in [1.807, 2.05) is 24.3 Å². The van der Waals surface area contributed by atoms with E-state index in [4.69, 9.17) is 10.5 Å². The number of anilines is 1. The fraction of sp³-hybridized carbons (Fsp3) is 0.556. The molecule has 0 saturated carbocycles. The number of nitrogens with two attached hydrogens (primary N) is 1. The second-order valence-corrected chi connectivity index (χ2v) is 6.12. The van der Waals surface area contributed by atoms with Crippen molar-refractivity contribution in [3.8, 4) is 0 Å². The van der Waals surface area contributed by atoms with Crippen molar-refractivity contribution in [2.45, 2.75) is 25.8 Å². The van der Waals surface area contributed by atoms with Crippen LogP contribution in [0.2, 0.25) is 0 Å². The number of carbonyl (C=O) groups excluding carboxylic acids is 2. The molecule has 1 aliphatic rings. The highest BCUT2D eigenvalue weighted by molar-refractivity contribution is 5.90. The lowest BCUT2D eigenvalue weighted by atomic mass is 10.2. The minimum atomic E-state index is -0.00889. The molecule has 7 nitrogen and oxygen atoms in total. The van der Waals surface area contributed by atoms with Crippen LogP contribution in [0.4, 0.5) is 5.69 Å². The molecule has 0 bridgehead atoms. The number of amides is 2. The average molecular weight is 348 g/mol. The Balaban J connectivity index is 1.74. The van der Waals surface area contributed by atoms with Crippen LogP contribution in [0.15, 0.2) is 24.3 Å². The molecule has 1 aliphatic heterocycles. The molecule has 1 heterocycles. The van der Waals surface area contributed by atoms with Crippen LogP contribution in [0, 0.1) is 0 Å². The monoisotopic (exact) mass is 348 g/mol. The molecule has 0 atom stereocenters. The number of nitrogens with one attached hydrogen (secondary N) is 2. The molecule has 1 fully saturated rings. The molecule has 0 aliphatic carbocycles. The van der Waals surface area contributed by atoms with E-state index in [0.29, 0.717) is 32.4 Å². The minimum absolute atomic E-state index is 0.00405. The summed E-state index contributed by atoms with van der Waals surface area (Å²) in [4.78, 5) is 26.0. The summed E-state index contributed by atoms with van der Waals surface area (Å²) in [5, 5.41) is 5.77. The molecule has 7 heteroatoms. The van der Waals surface area contributed by atoms with Gasteiger partial charge in [0.2, 0.25) is 11.8 Å². The molecule has 2 rings (SSSR count). The first kappa shape index (κ1) is 19.4. The van der Waals surface area contributed by atoms with Crippen molar-refractivity contribution in [3.63, 3.8) is 0 Å². The van der Waals surface area contributed by atoms with Gasteiger partial charge in [-0.2, -0.15) is 0 Å². The number of rotatable bonds is 9. The van der Waals surface area contributed by atoms with E-state index < -0.39 is 0 Å². The molecule has 0 radical (unpaired) electrons. The first-order valence-corrected chi connectivity index (χ1v) is 8.83. The van der Waals surface area contributed by atoms with Crippen LogP contribution < -0.4 is 16.4 Å². The number of carbonyl (C=O) groups is 2. The van der Waals surface area contributed by atoms with Gasteiger partial charge < -0.3 is 21.1 Å². The Morgan fingerprint density at radius 2 is 1.96 bits per heavy atom. The molecule has 1 saturated heterocycles. The van der Waals surface area contributed by atoms with Gasteiger partial charge in [0, 0.05) is 44.7 Å². The lowest BCUT2D eigenvalue weighted by Crippen LogP contribution is -2.38. The van der Waals surface area contributed by atoms with E-state index in [2.05, 4.69) is 15.5 Å².